The molecule has 5 nitrogen and oxygen atoms in total. The number of benzene rings is 1. The molecule has 1 aliphatic rings. The number of hydrogen-bond donors (Lipinski definition) is 1. The van der Waals surface area contributed by atoms with Crippen LogP contribution in [0.1, 0.15) is 54.4 Å². The molecule has 0 saturated carbocycles. The average Bonchev–Trinajstić information content (AvgIpc) is 3.04. The van der Waals surface area contributed by atoms with E-state index < -0.39 is 0 Å². The Morgan fingerprint density at radius 3 is 2.88 bits per heavy atom. The van der Waals surface area contributed by atoms with Gasteiger partial charge in [0.15, 0.2) is 11.5 Å². The van der Waals surface area contributed by atoms with Gasteiger partial charge in [-0.05, 0) is 51.0 Å². The zero-order valence-electron chi connectivity index (χ0n) is 14.3. The molecule has 0 aliphatic heterocycles. The highest BCUT2D eigenvalue weighted by atomic mass is 16.5. The van der Waals surface area contributed by atoms with E-state index in [1.54, 1.807) is 31.6 Å². The Balaban J connectivity index is 1.76. The Kier molecular flexibility index (Phi) is 4.79. The second-order valence-electron chi connectivity index (χ2n) is 6.25. The Morgan fingerprint density at radius 1 is 1.29 bits per heavy atom. The van der Waals surface area contributed by atoms with Crippen molar-refractivity contribution in [1.29, 1.82) is 0 Å². The van der Waals surface area contributed by atoms with Gasteiger partial charge in [-0.1, -0.05) is 0 Å². The van der Waals surface area contributed by atoms with E-state index in [4.69, 9.17) is 13.9 Å². The summed E-state index contributed by atoms with van der Waals surface area (Å²) in [6.45, 7) is 3.90. The number of aryl methyl sites for hydroxylation is 1. The second kappa shape index (κ2) is 6.99. The van der Waals surface area contributed by atoms with Crippen molar-refractivity contribution in [3.63, 3.8) is 0 Å². The first-order valence-electron chi connectivity index (χ1n) is 8.30. The van der Waals surface area contributed by atoms with Gasteiger partial charge in [0, 0.05) is 17.5 Å². The van der Waals surface area contributed by atoms with Crippen LogP contribution in [0.15, 0.2) is 34.9 Å². The van der Waals surface area contributed by atoms with Crippen LogP contribution < -0.4 is 14.8 Å². The summed E-state index contributed by atoms with van der Waals surface area (Å²) in [5.74, 6) is 2.05. The minimum absolute atomic E-state index is 0.00224. The van der Waals surface area contributed by atoms with E-state index in [0.29, 0.717) is 17.1 Å². The predicted molar refractivity (Wildman–Crippen MR) is 90.6 cm³/mol. The van der Waals surface area contributed by atoms with Crippen molar-refractivity contribution in [2.75, 3.05) is 7.11 Å². The fraction of sp³-hybridized carbons (Fsp3) is 0.421. The van der Waals surface area contributed by atoms with Gasteiger partial charge in [0.05, 0.1) is 25.5 Å². The summed E-state index contributed by atoms with van der Waals surface area (Å²) in [6, 6.07) is 7.19. The van der Waals surface area contributed by atoms with Gasteiger partial charge >= 0.3 is 0 Å². The molecule has 0 bridgehead atoms. The van der Waals surface area contributed by atoms with Crippen molar-refractivity contribution in [2.24, 2.45) is 0 Å². The summed E-state index contributed by atoms with van der Waals surface area (Å²) in [7, 11) is 1.57. The van der Waals surface area contributed by atoms with E-state index in [9.17, 15) is 4.79 Å². The molecule has 128 valence electrons. The van der Waals surface area contributed by atoms with E-state index in [0.717, 1.165) is 30.6 Å². The fourth-order valence-electron chi connectivity index (χ4n) is 3.04. The number of ether oxygens (including phenoxy) is 2. The molecule has 1 heterocycles. The topological polar surface area (TPSA) is 60.7 Å². The summed E-state index contributed by atoms with van der Waals surface area (Å²) in [6.07, 6.45) is 4.60. The van der Waals surface area contributed by atoms with Gasteiger partial charge in [0.2, 0.25) is 0 Å². The summed E-state index contributed by atoms with van der Waals surface area (Å²) < 4.78 is 16.5. The fourth-order valence-corrected chi connectivity index (χ4v) is 3.04. The normalized spacial score (nSPS) is 16.6. The Hall–Kier alpha value is -2.43. The molecule has 0 fully saturated rings. The number of carbonyl (C=O) groups excluding carboxylic acids is 1. The first-order chi connectivity index (χ1) is 11.6. The third-order valence-electron chi connectivity index (χ3n) is 4.15. The number of methoxy groups -OCH3 is 1. The molecular weight excluding hydrogens is 306 g/mol. The highest BCUT2D eigenvalue weighted by molar-refractivity contribution is 5.95. The Bertz CT molecular complexity index is 720. The highest BCUT2D eigenvalue weighted by Gasteiger charge is 2.24. The number of nitrogens with one attached hydrogen (secondary N) is 1. The van der Waals surface area contributed by atoms with Gasteiger partial charge in [-0.25, -0.2) is 0 Å². The van der Waals surface area contributed by atoms with Crippen molar-refractivity contribution in [1.82, 2.24) is 5.32 Å². The molecule has 1 N–H and O–H groups in total. The largest absolute Gasteiger partial charge is 0.493 e. The van der Waals surface area contributed by atoms with E-state index in [1.807, 2.05) is 19.9 Å². The molecular formula is C19H23NO4. The molecule has 24 heavy (non-hydrogen) atoms. The van der Waals surface area contributed by atoms with E-state index in [-0.39, 0.29) is 18.1 Å². The standard InChI is InChI=1S/C19H23NO4/c1-12(2)24-17-8-7-13(11-18(17)22-3)19(21)20-15-5-4-6-16-14(15)9-10-23-16/h7-12,15H,4-6H2,1-3H3,(H,20,21). The van der Waals surface area contributed by atoms with Crippen molar-refractivity contribution in [2.45, 2.75) is 45.3 Å². The van der Waals surface area contributed by atoms with Crippen LogP contribution in [0.5, 0.6) is 11.5 Å². The maximum Gasteiger partial charge on any atom is 0.251 e. The molecule has 1 aromatic carbocycles. The molecule has 0 spiro atoms. The van der Waals surface area contributed by atoms with Crippen molar-refractivity contribution in [3.05, 3.63) is 47.4 Å². The number of hydrogen-bond acceptors (Lipinski definition) is 4. The van der Waals surface area contributed by atoms with Gasteiger partial charge in [-0.3, -0.25) is 4.79 Å². The predicted octanol–water partition coefficient (Wildman–Crippen LogP) is 3.88. The molecule has 2 aromatic rings. The maximum atomic E-state index is 12.6. The van der Waals surface area contributed by atoms with Gasteiger partial charge in [-0.2, -0.15) is 0 Å². The third-order valence-corrected chi connectivity index (χ3v) is 4.15. The average molecular weight is 329 g/mol. The van der Waals surface area contributed by atoms with Crippen molar-refractivity contribution in [3.8, 4) is 11.5 Å². The summed E-state index contributed by atoms with van der Waals surface area (Å²) in [4.78, 5) is 12.6. The number of amides is 1. The lowest BCUT2D eigenvalue weighted by Crippen LogP contribution is -2.30. The Morgan fingerprint density at radius 2 is 2.12 bits per heavy atom. The van der Waals surface area contributed by atoms with Crippen LogP contribution in [0.3, 0.4) is 0 Å². The van der Waals surface area contributed by atoms with Crippen molar-refractivity contribution < 1.29 is 18.7 Å². The lowest BCUT2D eigenvalue weighted by molar-refractivity contribution is 0.0932. The van der Waals surface area contributed by atoms with Gasteiger partial charge < -0.3 is 19.2 Å². The van der Waals surface area contributed by atoms with Gasteiger partial charge in [0.25, 0.3) is 5.91 Å². The number of furan rings is 1. The summed E-state index contributed by atoms with van der Waals surface area (Å²) in [5.41, 5.74) is 1.64. The molecule has 5 heteroatoms. The monoisotopic (exact) mass is 329 g/mol. The molecule has 1 amide bonds. The smallest absolute Gasteiger partial charge is 0.251 e. The van der Waals surface area contributed by atoms with Crippen molar-refractivity contribution >= 4 is 5.91 Å². The van der Waals surface area contributed by atoms with Crippen LogP contribution in [0.2, 0.25) is 0 Å². The maximum absolute atomic E-state index is 12.6. The number of carbonyl (C=O) groups is 1. The number of rotatable bonds is 5. The lowest BCUT2D eigenvalue weighted by Gasteiger charge is -2.23. The third kappa shape index (κ3) is 3.40. The minimum Gasteiger partial charge on any atom is -0.493 e. The van der Waals surface area contributed by atoms with Crippen LogP contribution >= 0.6 is 0 Å². The zero-order chi connectivity index (χ0) is 17.1. The number of fused-ring (bicyclic) bond motifs is 1. The van der Waals surface area contributed by atoms with Crippen LogP contribution in [0.25, 0.3) is 0 Å². The SMILES string of the molecule is COc1cc(C(=O)NC2CCCc3occc32)ccc1OC(C)C. The second-order valence-corrected chi connectivity index (χ2v) is 6.25. The van der Waals surface area contributed by atoms with Crippen LogP contribution in [-0.4, -0.2) is 19.1 Å². The molecule has 3 rings (SSSR count). The molecule has 0 radical (unpaired) electrons. The van der Waals surface area contributed by atoms with Gasteiger partial charge in [0.1, 0.15) is 5.76 Å². The lowest BCUT2D eigenvalue weighted by atomic mass is 9.93. The van der Waals surface area contributed by atoms with Crippen LogP contribution in [-0.2, 0) is 6.42 Å². The van der Waals surface area contributed by atoms with E-state index >= 15 is 0 Å². The molecule has 1 unspecified atom stereocenters. The molecule has 1 aromatic heterocycles. The summed E-state index contributed by atoms with van der Waals surface area (Å²) in [5, 5.41) is 3.09. The molecule has 0 saturated heterocycles. The van der Waals surface area contributed by atoms with Crippen LogP contribution in [0, 0.1) is 0 Å². The highest BCUT2D eigenvalue weighted by Crippen LogP contribution is 2.32. The summed E-state index contributed by atoms with van der Waals surface area (Å²) >= 11 is 0. The first kappa shape index (κ1) is 16.4. The van der Waals surface area contributed by atoms with E-state index in [1.165, 1.54) is 0 Å². The minimum atomic E-state index is -0.122. The quantitative estimate of drug-likeness (QED) is 0.904. The van der Waals surface area contributed by atoms with Gasteiger partial charge in [-0.15, -0.1) is 0 Å². The first-order valence-corrected chi connectivity index (χ1v) is 8.30. The van der Waals surface area contributed by atoms with Crippen LogP contribution in [0.4, 0.5) is 0 Å². The molecule has 1 aliphatic carbocycles. The molecule has 1 atom stereocenters. The Labute approximate surface area is 141 Å². The van der Waals surface area contributed by atoms with E-state index in [2.05, 4.69) is 5.32 Å². The zero-order valence-corrected chi connectivity index (χ0v) is 14.3.